The Labute approximate surface area is 173 Å². The lowest BCUT2D eigenvalue weighted by Gasteiger charge is -2.32. The fourth-order valence-electron chi connectivity index (χ4n) is 4.86. The van der Waals surface area contributed by atoms with E-state index >= 15 is 0 Å². The molecule has 0 unspecified atom stereocenters. The van der Waals surface area contributed by atoms with Crippen molar-refractivity contribution in [3.05, 3.63) is 52.8 Å². The Morgan fingerprint density at radius 3 is 2.83 bits per heavy atom. The number of alkyl halides is 3. The van der Waals surface area contributed by atoms with E-state index in [1.165, 1.54) is 10.5 Å². The van der Waals surface area contributed by atoms with Crippen LogP contribution in [0.5, 0.6) is 0 Å². The number of pyridine rings is 1. The van der Waals surface area contributed by atoms with Crippen LogP contribution in [0.15, 0.2) is 30.6 Å². The molecule has 5 rings (SSSR count). The molecule has 0 aliphatic carbocycles. The van der Waals surface area contributed by atoms with Crippen LogP contribution in [0.4, 0.5) is 13.2 Å². The molecule has 158 valence electrons. The minimum atomic E-state index is -4.17. The summed E-state index contributed by atoms with van der Waals surface area (Å²) in [6.07, 6.45) is 2.41. The highest BCUT2D eigenvalue weighted by Gasteiger charge is 2.33. The first kappa shape index (κ1) is 19.6. The molecule has 3 aromatic rings. The van der Waals surface area contributed by atoms with Gasteiger partial charge in [0, 0.05) is 42.5 Å². The summed E-state index contributed by atoms with van der Waals surface area (Å²) in [5.74, 6) is 0. The number of rotatable bonds is 3. The van der Waals surface area contributed by atoms with E-state index in [4.69, 9.17) is 0 Å². The molecule has 2 aliphatic rings. The molecule has 0 amide bonds. The van der Waals surface area contributed by atoms with Crippen LogP contribution < -0.4 is 5.32 Å². The summed E-state index contributed by atoms with van der Waals surface area (Å²) in [5, 5.41) is 4.64. The Hall–Kier alpha value is -2.38. The zero-order valence-corrected chi connectivity index (χ0v) is 16.9. The van der Waals surface area contributed by atoms with Gasteiger partial charge in [0.1, 0.15) is 5.65 Å². The van der Waals surface area contributed by atoms with Crippen LogP contribution in [0, 0.1) is 6.92 Å². The molecule has 2 aromatic heterocycles. The average molecular weight is 414 g/mol. The lowest BCUT2D eigenvalue weighted by atomic mass is 9.87. The monoisotopic (exact) mass is 414 g/mol. The largest absolute Gasteiger partial charge is 0.401 e. The van der Waals surface area contributed by atoms with Gasteiger partial charge in [-0.05, 0) is 72.7 Å². The number of hydrogen-bond acceptors (Lipinski definition) is 3. The number of benzene rings is 1. The highest BCUT2D eigenvalue weighted by atomic mass is 19.4. The van der Waals surface area contributed by atoms with Crippen molar-refractivity contribution in [3.63, 3.8) is 0 Å². The van der Waals surface area contributed by atoms with E-state index in [-0.39, 0.29) is 6.04 Å². The van der Waals surface area contributed by atoms with Gasteiger partial charge in [-0.1, -0.05) is 6.07 Å². The molecule has 1 fully saturated rings. The molecule has 4 nitrogen and oxygen atoms in total. The average Bonchev–Trinajstić information content (AvgIpc) is 3.36. The SMILES string of the molecule is Cc1c[nH]c2ncc(-c3cc4c(c([C@@H]5CCCN5)c3)CN(CC(F)(F)F)CC4)cc12. The summed E-state index contributed by atoms with van der Waals surface area (Å²) >= 11 is 0. The summed E-state index contributed by atoms with van der Waals surface area (Å²) in [6, 6.07) is 6.68. The number of aryl methyl sites for hydroxylation is 1. The van der Waals surface area contributed by atoms with Gasteiger partial charge in [0.2, 0.25) is 0 Å². The highest BCUT2D eigenvalue weighted by Crippen LogP contribution is 2.36. The van der Waals surface area contributed by atoms with Gasteiger partial charge < -0.3 is 10.3 Å². The second-order valence-corrected chi connectivity index (χ2v) is 8.52. The van der Waals surface area contributed by atoms with Gasteiger partial charge in [-0.3, -0.25) is 4.90 Å². The Morgan fingerprint density at radius 1 is 1.20 bits per heavy atom. The Bertz CT molecular complexity index is 1080. The quantitative estimate of drug-likeness (QED) is 0.642. The molecule has 2 aliphatic heterocycles. The Kier molecular flexibility index (Phi) is 4.82. The van der Waals surface area contributed by atoms with Gasteiger partial charge >= 0.3 is 6.18 Å². The number of nitrogens with one attached hydrogen (secondary N) is 2. The third-order valence-corrected chi connectivity index (χ3v) is 6.37. The minimum Gasteiger partial charge on any atom is -0.346 e. The second kappa shape index (κ2) is 7.39. The molecule has 0 spiro atoms. The number of aromatic nitrogens is 2. The van der Waals surface area contributed by atoms with Crippen molar-refractivity contribution in [3.8, 4) is 11.1 Å². The number of nitrogens with zero attached hydrogens (tertiary/aromatic N) is 2. The number of H-pyrrole nitrogens is 1. The van der Waals surface area contributed by atoms with Crippen LogP contribution in [0.25, 0.3) is 22.2 Å². The number of hydrogen-bond donors (Lipinski definition) is 2. The van der Waals surface area contributed by atoms with Gasteiger partial charge in [0.15, 0.2) is 0 Å². The van der Waals surface area contributed by atoms with E-state index in [2.05, 4.69) is 40.4 Å². The first-order valence-corrected chi connectivity index (χ1v) is 10.5. The van der Waals surface area contributed by atoms with Crippen LogP contribution in [0.1, 0.15) is 41.1 Å². The topological polar surface area (TPSA) is 44.0 Å². The van der Waals surface area contributed by atoms with Crippen LogP contribution in [-0.2, 0) is 13.0 Å². The van der Waals surface area contributed by atoms with E-state index in [1.54, 1.807) is 0 Å². The van der Waals surface area contributed by atoms with Crippen molar-refractivity contribution in [1.82, 2.24) is 20.2 Å². The van der Waals surface area contributed by atoms with Crippen molar-refractivity contribution in [2.24, 2.45) is 0 Å². The lowest BCUT2D eigenvalue weighted by molar-refractivity contribution is -0.147. The standard InChI is InChI=1S/C23H25F3N4/c1-14-10-28-22-18(14)9-17(11-29-22)16-7-15-4-6-30(13-23(24,25)26)12-20(15)19(8-16)21-3-2-5-27-21/h7-11,21,27H,2-6,12-13H2,1H3,(H,28,29)/t21-/m0/s1. The molecule has 4 heterocycles. The smallest absolute Gasteiger partial charge is 0.346 e. The normalized spacial score (nSPS) is 20.1. The van der Waals surface area contributed by atoms with Crippen molar-refractivity contribution in [2.75, 3.05) is 19.6 Å². The minimum absolute atomic E-state index is 0.204. The van der Waals surface area contributed by atoms with E-state index in [0.29, 0.717) is 19.5 Å². The Balaban J connectivity index is 1.57. The zero-order chi connectivity index (χ0) is 20.9. The molecule has 2 N–H and O–H groups in total. The summed E-state index contributed by atoms with van der Waals surface area (Å²) in [5.41, 5.74) is 7.55. The van der Waals surface area contributed by atoms with E-state index < -0.39 is 12.7 Å². The fourth-order valence-corrected chi connectivity index (χ4v) is 4.86. The molecule has 0 saturated carbocycles. The number of fused-ring (bicyclic) bond motifs is 2. The zero-order valence-electron chi connectivity index (χ0n) is 16.9. The van der Waals surface area contributed by atoms with Gasteiger partial charge in [0.05, 0.1) is 6.54 Å². The maximum atomic E-state index is 13.0. The number of halogens is 3. The highest BCUT2D eigenvalue weighted by molar-refractivity contribution is 5.84. The van der Waals surface area contributed by atoms with Crippen LogP contribution >= 0.6 is 0 Å². The van der Waals surface area contributed by atoms with Crippen molar-refractivity contribution < 1.29 is 13.2 Å². The summed E-state index contributed by atoms with van der Waals surface area (Å²) in [6.45, 7) is 2.95. The van der Waals surface area contributed by atoms with Gasteiger partial charge in [-0.2, -0.15) is 13.2 Å². The lowest BCUT2D eigenvalue weighted by Crippen LogP contribution is -2.38. The van der Waals surface area contributed by atoms with E-state index in [0.717, 1.165) is 58.2 Å². The van der Waals surface area contributed by atoms with Crippen LogP contribution in [0.3, 0.4) is 0 Å². The summed E-state index contributed by atoms with van der Waals surface area (Å²) in [4.78, 5) is 9.27. The maximum Gasteiger partial charge on any atom is 0.401 e. The molecular formula is C23H25F3N4. The van der Waals surface area contributed by atoms with Gasteiger partial charge in [-0.25, -0.2) is 4.98 Å². The molecule has 0 bridgehead atoms. The molecule has 7 heteroatoms. The molecule has 30 heavy (non-hydrogen) atoms. The third kappa shape index (κ3) is 3.72. The first-order chi connectivity index (χ1) is 14.4. The predicted molar refractivity (Wildman–Crippen MR) is 111 cm³/mol. The van der Waals surface area contributed by atoms with Gasteiger partial charge in [-0.15, -0.1) is 0 Å². The van der Waals surface area contributed by atoms with Crippen LogP contribution in [-0.4, -0.2) is 40.7 Å². The fraction of sp³-hybridized carbons (Fsp3) is 0.435. The number of aromatic amines is 1. The van der Waals surface area contributed by atoms with Crippen LogP contribution in [0.2, 0.25) is 0 Å². The molecular weight excluding hydrogens is 389 g/mol. The van der Waals surface area contributed by atoms with Crippen molar-refractivity contribution >= 4 is 11.0 Å². The molecule has 1 atom stereocenters. The third-order valence-electron chi connectivity index (χ3n) is 6.37. The maximum absolute atomic E-state index is 13.0. The van der Waals surface area contributed by atoms with Crippen molar-refractivity contribution in [2.45, 2.75) is 44.9 Å². The molecule has 1 aromatic carbocycles. The Morgan fingerprint density at radius 2 is 2.07 bits per heavy atom. The van der Waals surface area contributed by atoms with E-state index in [9.17, 15) is 13.2 Å². The summed E-state index contributed by atoms with van der Waals surface area (Å²) in [7, 11) is 0. The second-order valence-electron chi connectivity index (χ2n) is 8.52. The molecule has 0 radical (unpaired) electrons. The predicted octanol–water partition coefficient (Wildman–Crippen LogP) is 4.88. The first-order valence-electron chi connectivity index (χ1n) is 10.5. The molecule has 1 saturated heterocycles. The van der Waals surface area contributed by atoms with Crippen molar-refractivity contribution in [1.29, 1.82) is 0 Å². The van der Waals surface area contributed by atoms with E-state index in [1.807, 2.05) is 12.4 Å². The summed E-state index contributed by atoms with van der Waals surface area (Å²) < 4.78 is 38.9. The van der Waals surface area contributed by atoms with Gasteiger partial charge in [0.25, 0.3) is 0 Å².